The van der Waals surface area contributed by atoms with Crippen LogP contribution in [-0.2, 0) is 0 Å². The molecule has 58 valence electrons. The molecule has 1 aliphatic rings. The summed E-state index contributed by atoms with van der Waals surface area (Å²) in [6, 6.07) is 7.00. The lowest BCUT2D eigenvalue weighted by molar-refractivity contribution is 0.611. The van der Waals surface area contributed by atoms with Gasteiger partial charge in [0.15, 0.2) is 0 Å². The minimum Gasteiger partial charge on any atom is -0.207 e. The highest BCUT2D eigenvalue weighted by Crippen LogP contribution is 2.47. The van der Waals surface area contributed by atoms with Gasteiger partial charge in [-0.25, -0.2) is 4.39 Å². The molecule has 2 rings (SSSR count). The van der Waals surface area contributed by atoms with Gasteiger partial charge in [0.25, 0.3) is 0 Å². The topological polar surface area (TPSA) is 0 Å². The maximum atomic E-state index is 13.0. The second kappa shape index (κ2) is 2.59. The highest BCUT2D eigenvalue weighted by Gasteiger charge is 2.37. The summed E-state index contributed by atoms with van der Waals surface area (Å²) < 4.78 is 13.0. The van der Waals surface area contributed by atoms with Gasteiger partial charge in [-0.05, 0) is 18.1 Å². The van der Waals surface area contributed by atoms with Gasteiger partial charge in [0.2, 0.25) is 0 Å². The fraction of sp³-hybridized carbons (Fsp3) is 0.333. The maximum absolute atomic E-state index is 13.0. The van der Waals surface area contributed by atoms with Crippen LogP contribution in [0.2, 0.25) is 0 Å². The van der Waals surface area contributed by atoms with Crippen LogP contribution in [0.3, 0.4) is 0 Å². The second-order valence-corrected chi connectivity index (χ2v) is 4.06. The van der Waals surface area contributed by atoms with E-state index in [0.717, 1.165) is 12.0 Å². The average molecular weight is 215 g/mol. The first kappa shape index (κ1) is 7.29. The summed E-state index contributed by atoms with van der Waals surface area (Å²) in [7, 11) is 0. The quantitative estimate of drug-likeness (QED) is 0.631. The number of rotatable bonds is 1. The number of benzene rings is 1. The molecule has 0 heterocycles. The Morgan fingerprint density at radius 3 is 2.55 bits per heavy atom. The van der Waals surface area contributed by atoms with E-state index < -0.39 is 0 Å². The molecule has 1 fully saturated rings. The van der Waals surface area contributed by atoms with E-state index in [4.69, 9.17) is 0 Å². The van der Waals surface area contributed by atoms with Crippen molar-refractivity contribution in [3.05, 3.63) is 35.6 Å². The Hall–Kier alpha value is -0.370. The van der Waals surface area contributed by atoms with E-state index in [-0.39, 0.29) is 5.82 Å². The molecule has 0 amide bonds. The summed E-state index contributed by atoms with van der Waals surface area (Å²) in [6.07, 6.45) is 1.07. The molecule has 1 aromatic rings. The first-order valence-electron chi connectivity index (χ1n) is 3.67. The SMILES string of the molecule is Fc1ccccc1[C@@H]1C[C@H]1Br. The zero-order valence-corrected chi connectivity index (χ0v) is 7.51. The van der Waals surface area contributed by atoms with Crippen LogP contribution in [0.4, 0.5) is 4.39 Å². The van der Waals surface area contributed by atoms with Crippen LogP contribution < -0.4 is 0 Å². The van der Waals surface area contributed by atoms with Gasteiger partial charge >= 0.3 is 0 Å². The molecule has 2 atom stereocenters. The summed E-state index contributed by atoms with van der Waals surface area (Å²) in [5, 5.41) is 0. The van der Waals surface area contributed by atoms with E-state index in [9.17, 15) is 4.39 Å². The molecule has 0 bridgehead atoms. The predicted molar refractivity (Wildman–Crippen MR) is 46.5 cm³/mol. The van der Waals surface area contributed by atoms with Crippen molar-refractivity contribution in [2.75, 3.05) is 0 Å². The fourth-order valence-corrected chi connectivity index (χ4v) is 1.95. The van der Waals surface area contributed by atoms with Crippen molar-refractivity contribution in [3.8, 4) is 0 Å². The molecule has 0 aliphatic heterocycles. The molecular weight excluding hydrogens is 207 g/mol. The largest absolute Gasteiger partial charge is 0.207 e. The molecule has 1 aromatic carbocycles. The van der Waals surface area contributed by atoms with Crippen LogP contribution in [0.25, 0.3) is 0 Å². The second-order valence-electron chi connectivity index (χ2n) is 2.88. The third-order valence-corrected chi connectivity index (χ3v) is 3.03. The van der Waals surface area contributed by atoms with Gasteiger partial charge in [-0.1, -0.05) is 34.1 Å². The number of hydrogen-bond acceptors (Lipinski definition) is 0. The van der Waals surface area contributed by atoms with Gasteiger partial charge in [-0.15, -0.1) is 0 Å². The fourth-order valence-electron chi connectivity index (χ4n) is 1.26. The highest BCUT2D eigenvalue weighted by molar-refractivity contribution is 9.09. The van der Waals surface area contributed by atoms with Gasteiger partial charge < -0.3 is 0 Å². The van der Waals surface area contributed by atoms with E-state index in [1.165, 1.54) is 6.07 Å². The monoisotopic (exact) mass is 214 g/mol. The molecule has 0 nitrogen and oxygen atoms in total. The Balaban J connectivity index is 2.31. The third-order valence-electron chi connectivity index (χ3n) is 2.02. The van der Waals surface area contributed by atoms with E-state index in [1.807, 2.05) is 12.1 Å². The number of hydrogen-bond donors (Lipinski definition) is 0. The molecule has 0 radical (unpaired) electrons. The Kier molecular flexibility index (Phi) is 1.72. The van der Waals surface area contributed by atoms with Crippen molar-refractivity contribution in [2.24, 2.45) is 0 Å². The predicted octanol–water partition coefficient (Wildman–Crippen LogP) is 3.08. The van der Waals surface area contributed by atoms with Crippen LogP contribution in [0.5, 0.6) is 0 Å². The summed E-state index contributed by atoms with van der Waals surface area (Å²) >= 11 is 3.45. The van der Waals surface area contributed by atoms with Crippen LogP contribution in [-0.4, -0.2) is 4.83 Å². The summed E-state index contributed by atoms with van der Waals surface area (Å²) in [6.45, 7) is 0. The lowest BCUT2D eigenvalue weighted by atomic mass is 10.1. The Labute approximate surface area is 73.6 Å². The third kappa shape index (κ3) is 1.32. The number of alkyl halides is 1. The van der Waals surface area contributed by atoms with Gasteiger partial charge in [-0.3, -0.25) is 0 Å². The van der Waals surface area contributed by atoms with Crippen molar-refractivity contribution in [1.82, 2.24) is 0 Å². The van der Waals surface area contributed by atoms with Crippen molar-refractivity contribution in [1.29, 1.82) is 0 Å². The van der Waals surface area contributed by atoms with Crippen molar-refractivity contribution >= 4 is 15.9 Å². The van der Waals surface area contributed by atoms with Gasteiger partial charge in [0, 0.05) is 10.7 Å². The van der Waals surface area contributed by atoms with E-state index in [2.05, 4.69) is 15.9 Å². The zero-order valence-electron chi connectivity index (χ0n) is 5.93. The van der Waals surface area contributed by atoms with Crippen LogP contribution in [0, 0.1) is 5.82 Å². The van der Waals surface area contributed by atoms with Crippen molar-refractivity contribution in [3.63, 3.8) is 0 Å². The van der Waals surface area contributed by atoms with Crippen LogP contribution in [0.1, 0.15) is 17.9 Å². The van der Waals surface area contributed by atoms with Crippen molar-refractivity contribution < 1.29 is 4.39 Å². The molecule has 0 aromatic heterocycles. The standard InChI is InChI=1S/C9H8BrF/c10-8-5-7(8)6-3-1-2-4-9(6)11/h1-4,7-8H,5H2/t7-,8+/m0/s1. The van der Waals surface area contributed by atoms with Crippen LogP contribution in [0.15, 0.2) is 24.3 Å². The normalized spacial score (nSPS) is 28.5. The Morgan fingerprint density at radius 1 is 1.36 bits per heavy atom. The first-order chi connectivity index (χ1) is 5.29. The minimum absolute atomic E-state index is 0.0700. The maximum Gasteiger partial charge on any atom is 0.126 e. The molecule has 0 N–H and O–H groups in total. The lowest BCUT2D eigenvalue weighted by Crippen LogP contribution is -1.86. The van der Waals surface area contributed by atoms with Crippen LogP contribution >= 0.6 is 15.9 Å². The molecule has 0 saturated heterocycles. The van der Waals surface area contributed by atoms with Gasteiger partial charge in [0.1, 0.15) is 5.82 Å². The van der Waals surface area contributed by atoms with Gasteiger partial charge in [0.05, 0.1) is 0 Å². The van der Waals surface area contributed by atoms with E-state index >= 15 is 0 Å². The zero-order chi connectivity index (χ0) is 7.84. The van der Waals surface area contributed by atoms with Crippen molar-refractivity contribution in [2.45, 2.75) is 17.2 Å². The van der Waals surface area contributed by atoms with E-state index in [0.29, 0.717) is 10.7 Å². The summed E-state index contributed by atoms with van der Waals surface area (Å²) in [5.74, 6) is 0.343. The molecule has 2 heteroatoms. The molecule has 1 aliphatic carbocycles. The molecular formula is C9H8BrF. The first-order valence-corrected chi connectivity index (χ1v) is 4.59. The molecule has 1 saturated carbocycles. The summed E-state index contributed by atoms with van der Waals surface area (Å²) in [4.78, 5) is 0.499. The smallest absolute Gasteiger partial charge is 0.126 e. The summed E-state index contributed by atoms with van der Waals surface area (Å²) in [5.41, 5.74) is 0.856. The highest BCUT2D eigenvalue weighted by atomic mass is 79.9. The average Bonchev–Trinajstić information content (AvgIpc) is 2.68. The van der Waals surface area contributed by atoms with E-state index in [1.54, 1.807) is 6.07 Å². The Bertz CT molecular complexity index is 272. The minimum atomic E-state index is -0.0700. The molecule has 0 unspecified atom stereocenters. The Morgan fingerprint density at radius 2 is 2.00 bits per heavy atom. The number of halogens is 2. The molecule has 11 heavy (non-hydrogen) atoms. The lowest BCUT2D eigenvalue weighted by Gasteiger charge is -1.97. The van der Waals surface area contributed by atoms with Gasteiger partial charge in [-0.2, -0.15) is 0 Å². The molecule has 0 spiro atoms.